The van der Waals surface area contributed by atoms with Crippen molar-refractivity contribution in [2.24, 2.45) is 0 Å². The standard InChI is InChI=1S/C18H26O2.C3H6/c1-3-4-5-8-14-11-16(19)18(17(20)12-14)15-9-6-7-13(2)10-15;1-3-2/h10-12,15,19-20H,3-9H2,1-2H3;3H,1H2,2H3/t15-;/m1./s1. The van der Waals surface area contributed by atoms with Gasteiger partial charge in [0, 0.05) is 11.5 Å². The first-order valence-corrected chi connectivity index (χ1v) is 8.82. The van der Waals surface area contributed by atoms with Gasteiger partial charge in [-0.1, -0.05) is 37.5 Å². The van der Waals surface area contributed by atoms with E-state index in [0.717, 1.165) is 37.7 Å². The summed E-state index contributed by atoms with van der Waals surface area (Å²) < 4.78 is 0. The maximum Gasteiger partial charge on any atom is 0.123 e. The Balaban J connectivity index is 0.000000816. The molecule has 2 N–H and O–H groups in total. The molecule has 0 unspecified atom stereocenters. The molecule has 0 heterocycles. The first kappa shape index (κ1) is 19.3. The van der Waals surface area contributed by atoms with Crippen molar-refractivity contribution in [2.75, 3.05) is 0 Å². The van der Waals surface area contributed by atoms with E-state index in [-0.39, 0.29) is 17.4 Å². The highest BCUT2D eigenvalue weighted by Gasteiger charge is 2.21. The second-order valence-electron chi connectivity index (χ2n) is 6.42. The molecule has 1 aliphatic carbocycles. The summed E-state index contributed by atoms with van der Waals surface area (Å²) >= 11 is 0. The summed E-state index contributed by atoms with van der Waals surface area (Å²) in [5, 5.41) is 20.6. The lowest BCUT2D eigenvalue weighted by molar-refractivity contribution is 0.427. The third-order valence-electron chi connectivity index (χ3n) is 4.21. The van der Waals surface area contributed by atoms with E-state index in [1.807, 2.05) is 19.1 Å². The van der Waals surface area contributed by atoms with Crippen LogP contribution in [0.25, 0.3) is 0 Å². The number of phenols is 2. The van der Waals surface area contributed by atoms with Crippen molar-refractivity contribution in [1.82, 2.24) is 0 Å². The van der Waals surface area contributed by atoms with Crippen molar-refractivity contribution >= 4 is 0 Å². The SMILES string of the molecule is C=CC.CCCCCc1cc(O)c([C@H]2C=C(C)CCC2)c(O)c1. The molecule has 2 rings (SSSR count). The van der Waals surface area contributed by atoms with Gasteiger partial charge in [-0.2, -0.15) is 0 Å². The molecule has 0 saturated carbocycles. The van der Waals surface area contributed by atoms with Gasteiger partial charge in [-0.25, -0.2) is 0 Å². The summed E-state index contributed by atoms with van der Waals surface area (Å²) in [6.07, 6.45) is 11.6. The molecular weight excluding hydrogens is 284 g/mol. The summed E-state index contributed by atoms with van der Waals surface area (Å²) in [4.78, 5) is 0. The minimum Gasteiger partial charge on any atom is -0.507 e. The molecule has 0 saturated heterocycles. The predicted molar refractivity (Wildman–Crippen MR) is 99.2 cm³/mol. The Labute approximate surface area is 141 Å². The number of hydrogen-bond donors (Lipinski definition) is 2. The lowest BCUT2D eigenvalue weighted by Gasteiger charge is -2.22. The first-order chi connectivity index (χ1) is 11.0. The smallest absolute Gasteiger partial charge is 0.123 e. The Morgan fingerprint density at radius 2 is 1.83 bits per heavy atom. The highest BCUT2D eigenvalue weighted by atomic mass is 16.3. The predicted octanol–water partition coefficient (Wildman–Crippen LogP) is 6.24. The number of phenolic OH excluding ortho intramolecular Hbond substituents is 2. The fourth-order valence-electron chi connectivity index (χ4n) is 3.12. The minimum absolute atomic E-state index is 0.161. The number of aromatic hydroxyl groups is 2. The second kappa shape index (κ2) is 10.1. The highest BCUT2D eigenvalue weighted by Crippen LogP contribution is 2.41. The van der Waals surface area contributed by atoms with E-state index >= 15 is 0 Å². The zero-order valence-corrected chi connectivity index (χ0v) is 14.9. The van der Waals surface area contributed by atoms with E-state index in [9.17, 15) is 10.2 Å². The van der Waals surface area contributed by atoms with Gasteiger partial charge in [-0.3, -0.25) is 0 Å². The molecule has 0 spiro atoms. The van der Waals surface area contributed by atoms with Crippen LogP contribution in [0.15, 0.2) is 36.4 Å². The monoisotopic (exact) mass is 316 g/mol. The van der Waals surface area contributed by atoms with Gasteiger partial charge in [0.05, 0.1) is 0 Å². The molecule has 0 aliphatic heterocycles. The van der Waals surface area contributed by atoms with Gasteiger partial charge < -0.3 is 10.2 Å². The van der Waals surface area contributed by atoms with Crippen molar-refractivity contribution in [2.45, 2.75) is 71.6 Å². The van der Waals surface area contributed by atoms with Crippen LogP contribution in [0.2, 0.25) is 0 Å². The fraction of sp³-hybridized carbons (Fsp3) is 0.524. The molecule has 0 aromatic heterocycles. The van der Waals surface area contributed by atoms with Gasteiger partial charge in [-0.15, -0.1) is 6.58 Å². The van der Waals surface area contributed by atoms with Crippen LogP contribution in [0, 0.1) is 0 Å². The Bertz CT molecular complexity index is 506. The molecule has 23 heavy (non-hydrogen) atoms. The van der Waals surface area contributed by atoms with Crippen molar-refractivity contribution < 1.29 is 10.2 Å². The third-order valence-corrected chi connectivity index (χ3v) is 4.21. The van der Waals surface area contributed by atoms with Crippen LogP contribution in [0.1, 0.15) is 76.3 Å². The van der Waals surface area contributed by atoms with Crippen LogP contribution in [-0.2, 0) is 6.42 Å². The van der Waals surface area contributed by atoms with E-state index in [0.29, 0.717) is 5.56 Å². The van der Waals surface area contributed by atoms with Crippen molar-refractivity contribution in [1.29, 1.82) is 0 Å². The average Bonchev–Trinajstić information content (AvgIpc) is 2.48. The minimum atomic E-state index is 0.161. The summed E-state index contributed by atoms with van der Waals surface area (Å²) in [5.74, 6) is 0.674. The Kier molecular flexibility index (Phi) is 8.53. The summed E-state index contributed by atoms with van der Waals surface area (Å²) in [7, 11) is 0. The highest BCUT2D eigenvalue weighted by molar-refractivity contribution is 5.50. The van der Waals surface area contributed by atoms with Crippen molar-refractivity contribution in [3.63, 3.8) is 0 Å². The molecule has 2 nitrogen and oxygen atoms in total. The normalized spacial score (nSPS) is 17.0. The molecule has 0 amide bonds. The number of hydrogen-bond acceptors (Lipinski definition) is 2. The number of unbranched alkanes of at least 4 members (excludes halogenated alkanes) is 2. The van der Waals surface area contributed by atoms with Gasteiger partial charge >= 0.3 is 0 Å². The zero-order chi connectivity index (χ0) is 17.2. The summed E-state index contributed by atoms with van der Waals surface area (Å²) in [6.45, 7) is 9.55. The van der Waals surface area contributed by atoms with Crippen LogP contribution in [0.5, 0.6) is 11.5 Å². The largest absolute Gasteiger partial charge is 0.507 e. The van der Waals surface area contributed by atoms with E-state index in [1.165, 1.54) is 18.4 Å². The van der Waals surface area contributed by atoms with E-state index in [2.05, 4.69) is 26.5 Å². The van der Waals surface area contributed by atoms with Crippen LogP contribution >= 0.6 is 0 Å². The third kappa shape index (κ3) is 6.13. The Morgan fingerprint density at radius 3 is 2.35 bits per heavy atom. The zero-order valence-electron chi connectivity index (χ0n) is 14.9. The number of allylic oxidation sites excluding steroid dienone is 3. The van der Waals surface area contributed by atoms with E-state index in [1.54, 1.807) is 6.08 Å². The summed E-state index contributed by atoms with van der Waals surface area (Å²) in [5.41, 5.74) is 3.10. The van der Waals surface area contributed by atoms with Gasteiger partial charge in [-0.05, 0) is 63.6 Å². The van der Waals surface area contributed by atoms with Crippen LogP contribution in [-0.4, -0.2) is 10.2 Å². The fourth-order valence-corrected chi connectivity index (χ4v) is 3.12. The Morgan fingerprint density at radius 1 is 1.22 bits per heavy atom. The topological polar surface area (TPSA) is 40.5 Å². The quantitative estimate of drug-likeness (QED) is 0.499. The maximum absolute atomic E-state index is 10.3. The number of rotatable bonds is 5. The van der Waals surface area contributed by atoms with Gasteiger partial charge in [0.25, 0.3) is 0 Å². The molecule has 0 bridgehead atoms. The van der Waals surface area contributed by atoms with E-state index < -0.39 is 0 Å². The van der Waals surface area contributed by atoms with Crippen LogP contribution in [0.3, 0.4) is 0 Å². The average molecular weight is 316 g/mol. The van der Waals surface area contributed by atoms with Gasteiger partial charge in [0.15, 0.2) is 0 Å². The Hall–Kier alpha value is -1.70. The number of aryl methyl sites for hydroxylation is 1. The molecule has 1 atom stereocenters. The van der Waals surface area contributed by atoms with Gasteiger partial charge in [0.2, 0.25) is 0 Å². The second-order valence-corrected chi connectivity index (χ2v) is 6.42. The molecule has 1 aliphatic rings. The number of benzene rings is 1. The molecule has 0 radical (unpaired) electrons. The molecular formula is C21H32O2. The van der Waals surface area contributed by atoms with Gasteiger partial charge in [0.1, 0.15) is 11.5 Å². The van der Waals surface area contributed by atoms with Crippen molar-refractivity contribution in [3.05, 3.63) is 47.6 Å². The molecule has 1 aromatic carbocycles. The molecule has 1 aromatic rings. The van der Waals surface area contributed by atoms with E-state index in [4.69, 9.17) is 0 Å². The van der Waals surface area contributed by atoms with Crippen LogP contribution < -0.4 is 0 Å². The lowest BCUT2D eigenvalue weighted by atomic mass is 9.84. The maximum atomic E-state index is 10.3. The molecule has 0 fully saturated rings. The first-order valence-electron chi connectivity index (χ1n) is 8.82. The molecule has 128 valence electrons. The lowest BCUT2D eigenvalue weighted by Crippen LogP contribution is -2.03. The summed E-state index contributed by atoms with van der Waals surface area (Å²) in [6, 6.07) is 3.67. The van der Waals surface area contributed by atoms with Crippen LogP contribution in [0.4, 0.5) is 0 Å². The molecule has 2 heteroatoms. The van der Waals surface area contributed by atoms with Crippen molar-refractivity contribution in [3.8, 4) is 11.5 Å².